The minimum absolute atomic E-state index is 0.0477. The minimum Gasteiger partial charge on any atom is -0.458 e. The van der Waals surface area contributed by atoms with Crippen molar-refractivity contribution in [3.8, 4) is 0 Å². The van der Waals surface area contributed by atoms with Crippen LogP contribution in [0.5, 0.6) is 0 Å². The molecule has 0 amide bonds. The number of hydrogen-bond donors (Lipinski definition) is 1. The van der Waals surface area contributed by atoms with Crippen LogP contribution in [0.2, 0.25) is 0 Å². The van der Waals surface area contributed by atoms with Gasteiger partial charge in [-0.15, -0.1) is 0 Å². The summed E-state index contributed by atoms with van der Waals surface area (Å²) in [5.41, 5.74) is 0.0974. The second-order valence-electron chi connectivity index (χ2n) is 2.63. The quantitative estimate of drug-likeness (QED) is 0.481. The number of benzene rings is 1. The Kier molecular flexibility index (Phi) is 4.20. The van der Waals surface area contributed by atoms with E-state index in [-0.39, 0.29) is 17.1 Å². The Hall–Kier alpha value is -1.46. The zero-order valence-electron chi connectivity index (χ0n) is 7.88. The summed E-state index contributed by atoms with van der Waals surface area (Å²) in [5, 5.41) is 0. The van der Waals surface area contributed by atoms with Crippen LogP contribution in [0.1, 0.15) is 10.4 Å². The van der Waals surface area contributed by atoms with Crippen molar-refractivity contribution in [3.63, 3.8) is 0 Å². The van der Waals surface area contributed by atoms with Crippen molar-refractivity contribution in [1.82, 2.24) is 0 Å². The normalized spacial score (nSPS) is 11.8. The number of ether oxygens (including phenoxy) is 1. The molecule has 0 aliphatic heterocycles. The Balaban J connectivity index is 2.97. The van der Waals surface area contributed by atoms with Gasteiger partial charge in [-0.05, 0) is 12.1 Å². The van der Waals surface area contributed by atoms with Gasteiger partial charge in [0.2, 0.25) is 0 Å². The van der Waals surface area contributed by atoms with E-state index >= 15 is 0 Å². The van der Waals surface area contributed by atoms with E-state index in [0.29, 0.717) is 0 Å². The third kappa shape index (κ3) is 3.00. The van der Waals surface area contributed by atoms with E-state index in [1.165, 1.54) is 18.2 Å². The monoisotopic (exact) mass is 226 g/mol. The first-order chi connectivity index (χ1) is 7.16. The van der Waals surface area contributed by atoms with E-state index in [0.717, 1.165) is 0 Å². The van der Waals surface area contributed by atoms with Crippen LogP contribution in [-0.4, -0.2) is 21.3 Å². The molecule has 0 aromatic heterocycles. The molecule has 0 saturated carbocycles. The summed E-state index contributed by atoms with van der Waals surface area (Å²) in [6.45, 7) is 3.47. The van der Waals surface area contributed by atoms with E-state index < -0.39 is 17.0 Å². The number of carbonyl (C=O) groups excluding carboxylic acids is 1. The standard InChI is InChI=1S/C10H10O4S/c1-2-7-14-10(11)8-5-3-4-6-9(8)15(12)13/h2-6H,1,7H2,(H,12,13). The summed E-state index contributed by atoms with van der Waals surface area (Å²) in [5.74, 6) is -0.632. The van der Waals surface area contributed by atoms with Gasteiger partial charge in [0.25, 0.3) is 0 Å². The van der Waals surface area contributed by atoms with E-state index in [2.05, 4.69) is 6.58 Å². The third-order valence-electron chi connectivity index (χ3n) is 1.63. The third-order valence-corrected chi connectivity index (χ3v) is 2.36. The lowest BCUT2D eigenvalue weighted by Gasteiger charge is -2.04. The zero-order chi connectivity index (χ0) is 11.3. The molecule has 1 aromatic rings. The smallest absolute Gasteiger partial charge is 0.339 e. The molecular weight excluding hydrogens is 216 g/mol. The predicted octanol–water partition coefficient (Wildman–Crippen LogP) is 1.61. The molecule has 0 aliphatic carbocycles. The van der Waals surface area contributed by atoms with Crippen LogP contribution >= 0.6 is 0 Å². The summed E-state index contributed by atoms with van der Waals surface area (Å²) in [6, 6.07) is 6.02. The lowest BCUT2D eigenvalue weighted by molar-refractivity contribution is 0.0545. The lowest BCUT2D eigenvalue weighted by Crippen LogP contribution is -2.08. The fraction of sp³-hybridized carbons (Fsp3) is 0.100. The van der Waals surface area contributed by atoms with Crippen molar-refractivity contribution in [1.29, 1.82) is 0 Å². The maximum absolute atomic E-state index is 11.4. The van der Waals surface area contributed by atoms with Crippen molar-refractivity contribution in [3.05, 3.63) is 42.5 Å². The molecule has 1 unspecified atom stereocenters. The summed E-state index contributed by atoms with van der Waals surface area (Å²) >= 11 is -2.19. The molecule has 1 atom stereocenters. The summed E-state index contributed by atoms with van der Waals surface area (Å²) in [6.07, 6.45) is 1.43. The lowest BCUT2D eigenvalue weighted by atomic mass is 10.2. The van der Waals surface area contributed by atoms with Crippen molar-refractivity contribution in [2.24, 2.45) is 0 Å². The predicted molar refractivity (Wildman–Crippen MR) is 56.0 cm³/mol. The Bertz CT molecular complexity index is 400. The first kappa shape index (κ1) is 11.6. The molecule has 5 heteroatoms. The van der Waals surface area contributed by atoms with Crippen LogP contribution < -0.4 is 0 Å². The molecule has 0 spiro atoms. The molecule has 0 saturated heterocycles. The van der Waals surface area contributed by atoms with Gasteiger partial charge in [-0.2, -0.15) is 0 Å². The molecule has 80 valence electrons. The van der Waals surface area contributed by atoms with E-state index in [9.17, 15) is 9.00 Å². The van der Waals surface area contributed by atoms with Gasteiger partial charge in [-0.25, -0.2) is 9.00 Å². The number of esters is 1. The summed E-state index contributed by atoms with van der Waals surface area (Å²) < 4.78 is 24.6. The highest BCUT2D eigenvalue weighted by Crippen LogP contribution is 2.13. The summed E-state index contributed by atoms with van der Waals surface area (Å²) in [4.78, 5) is 11.5. The first-order valence-electron chi connectivity index (χ1n) is 4.14. The van der Waals surface area contributed by atoms with Gasteiger partial charge >= 0.3 is 5.97 Å². The van der Waals surface area contributed by atoms with Gasteiger partial charge in [0.15, 0.2) is 11.1 Å². The van der Waals surface area contributed by atoms with Gasteiger partial charge < -0.3 is 9.29 Å². The molecular formula is C10H10O4S. The van der Waals surface area contributed by atoms with Gasteiger partial charge in [-0.3, -0.25) is 0 Å². The summed E-state index contributed by atoms with van der Waals surface area (Å²) in [7, 11) is 0. The molecule has 1 rings (SSSR count). The molecule has 4 nitrogen and oxygen atoms in total. The Morgan fingerprint density at radius 3 is 2.80 bits per heavy atom. The fourth-order valence-corrected chi connectivity index (χ4v) is 1.53. The maximum Gasteiger partial charge on any atom is 0.339 e. The highest BCUT2D eigenvalue weighted by molar-refractivity contribution is 7.79. The molecule has 0 fully saturated rings. The average Bonchev–Trinajstić information content (AvgIpc) is 2.25. The molecule has 0 radical (unpaired) electrons. The Morgan fingerprint density at radius 2 is 2.20 bits per heavy atom. The van der Waals surface area contributed by atoms with E-state index in [1.807, 2.05) is 0 Å². The van der Waals surface area contributed by atoms with Crippen LogP contribution in [-0.2, 0) is 15.8 Å². The van der Waals surface area contributed by atoms with Crippen molar-refractivity contribution >= 4 is 17.0 Å². The van der Waals surface area contributed by atoms with Gasteiger partial charge in [-0.1, -0.05) is 24.8 Å². The second-order valence-corrected chi connectivity index (χ2v) is 3.57. The van der Waals surface area contributed by atoms with Crippen LogP contribution in [0.15, 0.2) is 41.8 Å². The molecule has 15 heavy (non-hydrogen) atoms. The molecule has 0 aliphatic rings. The van der Waals surface area contributed by atoms with Crippen LogP contribution in [0.4, 0.5) is 0 Å². The van der Waals surface area contributed by atoms with Gasteiger partial charge in [0.1, 0.15) is 6.61 Å². The SMILES string of the molecule is C=CCOC(=O)c1ccccc1S(=O)O. The molecule has 0 bridgehead atoms. The minimum atomic E-state index is -2.19. The van der Waals surface area contributed by atoms with Crippen molar-refractivity contribution in [2.75, 3.05) is 6.61 Å². The van der Waals surface area contributed by atoms with Crippen LogP contribution in [0, 0.1) is 0 Å². The highest BCUT2D eigenvalue weighted by atomic mass is 32.2. The molecule has 1 aromatic carbocycles. The molecule has 0 heterocycles. The highest BCUT2D eigenvalue weighted by Gasteiger charge is 2.14. The van der Waals surface area contributed by atoms with Crippen molar-refractivity contribution < 1.29 is 18.3 Å². The maximum atomic E-state index is 11.4. The van der Waals surface area contributed by atoms with Gasteiger partial charge in [0, 0.05) is 0 Å². The van der Waals surface area contributed by atoms with Gasteiger partial charge in [0.05, 0.1) is 10.5 Å². The number of hydrogen-bond acceptors (Lipinski definition) is 3. The Labute approximate surface area is 89.9 Å². The van der Waals surface area contributed by atoms with E-state index in [4.69, 9.17) is 9.29 Å². The number of carbonyl (C=O) groups is 1. The fourth-order valence-electron chi connectivity index (χ4n) is 1.000. The van der Waals surface area contributed by atoms with E-state index in [1.54, 1.807) is 12.1 Å². The zero-order valence-corrected chi connectivity index (χ0v) is 8.70. The topological polar surface area (TPSA) is 63.6 Å². The second kappa shape index (κ2) is 5.43. The molecule has 1 N–H and O–H groups in total. The largest absolute Gasteiger partial charge is 0.458 e. The van der Waals surface area contributed by atoms with Crippen LogP contribution in [0.25, 0.3) is 0 Å². The average molecular weight is 226 g/mol. The first-order valence-corrected chi connectivity index (χ1v) is 5.25. The Morgan fingerprint density at radius 1 is 1.53 bits per heavy atom. The number of rotatable bonds is 4. The van der Waals surface area contributed by atoms with Crippen molar-refractivity contribution in [2.45, 2.75) is 4.90 Å². The van der Waals surface area contributed by atoms with Crippen LogP contribution in [0.3, 0.4) is 0 Å².